The van der Waals surface area contributed by atoms with Gasteiger partial charge in [-0.25, -0.2) is 8.42 Å². The number of alkyl halides is 3. The Kier molecular flexibility index (Phi) is 2.29. The van der Waals surface area contributed by atoms with Gasteiger partial charge in [-0.3, -0.25) is 0 Å². The molecule has 1 heterocycles. The molecule has 0 unspecified atom stereocenters. The molecule has 0 radical (unpaired) electrons. The Morgan fingerprint density at radius 2 is 1.94 bits per heavy atom. The molecule has 1 aromatic rings. The van der Waals surface area contributed by atoms with Gasteiger partial charge < -0.3 is 5.11 Å². The minimum Gasteiger partial charge on any atom is -0.387 e. The van der Waals surface area contributed by atoms with Crippen molar-refractivity contribution in [2.45, 2.75) is 17.2 Å². The van der Waals surface area contributed by atoms with Crippen LogP contribution in [0.1, 0.15) is 17.2 Å². The first kappa shape index (κ1) is 11.4. The van der Waals surface area contributed by atoms with Crippen LogP contribution in [0, 0.1) is 0 Å². The zero-order valence-corrected chi connectivity index (χ0v) is 8.64. The third kappa shape index (κ3) is 1.69. The number of aliphatic hydroxyl groups is 1. The lowest BCUT2D eigenvalue weighted by molar-refractivity contribution is -0.137. The second-order valence-corrected chi connectivity index (χ2v) is 5.55. The Morgan fingerprint density at radius 3 is 2.50 bits per heavy atom. The number of halogens is 3. The number of hydrogen-bond acceptors (Lipinski definition) is 3. The summed E-state index contributed by atoms with van der Waals surface area (Å²) in [5.74, 6) is -0.552. The van der Waals surface area contributed by atoms with E-state index in [4.69, 9.17) is 0 Å². The Labute approximate surface area is 89.4 Å². The van der Waals surface area contributed by atoms with E-state index < -0.39 is 33.4 Å². The van der Waals surface area contributed by atoms with Crippen LogP contribution < -0.4 is 0 Å². The van der Waals surface area contributed by atoms with Gasteiger partial charge >= 0.3 is 6.18 Å². The van der Waals surface area contributed by atoms with E-state index in [0.717, 1.165) is 6.07 Å². The van der Waals surface area contributed by atoms with E-state index in [0.29, 0.717) is 12.1 Å². The molecule has 3 nitrogen and oxygen atoms in total. The zero-order valence-electron chi connectivity index (χ0n) is 7.82. The summed E-state index contributed by atoms with van der Waals surface area (Å²) >= 11 is 0. The van der Waals surface area contributed by atoms with Gasteiger partial charge in [0.25, 0.3) is 0 Å². The number of benzene rings is 1. The lowest BCUT2D eigenvalue weighted by Gasteiger charge is -2.08. The minimum atomic E-state index is -4.54. The standard InChI is InChI=1S/C9H7F3O3S/c10-9(11,12)5-1-2-8-6(3-5)7(13)4-16(8,14)15/h1-3,7,13H,4H2/t7-/m1/s1. The summed E-state index contributed by atoms with van der Waals surface area (Å²) in [6.07, 6.45) is -5.91. The summed E-state index contributed by atoms with van der Waals surface area (Å²) < 4.78 is 59.8. The van der Waals surface area contributed by atoms with Crippen LogP contribution in [0.25, 0.3) is 0 Å². The van der Waals surface area contributed by atoms with Gasteiger partial charge in [0.1, 0.15) is 0 Å². The average Bonchev–Trinajstić information content (AvgIpc) is 2.36. The van der Waals surface area contributed by atoms with Crippen molar-refractivity contribution in [3.63, 3.8) is 0 Å². The maximum Gasteiger partial charge on any atom is 0.416 e. The van der Waals surface area contributed by atoms with Gasteiger partial charge in [0.05, 0.1) is 22.3 Å². The van der Waals surface area contributed by atoms with Crippen LogP contribution >= 0.6 is 0 Å². The van der Waals surface area contributed by atoms with E-state index in [-0.39, 0.29) is 10.5 Å². The largest absolute Gasteiger partial charge is 0.416 e. The molecule has 2 rings (SSSR count). The molecule has 0 amide bonds. The molecule has 1 N–H and O–H groups in total. The molecule has 0 aliphatic carbocycles. The second kappa shape index (κ2) is 3.21. The van der Waals surface area contributed by atoms with Crippen LogP contribution in [0.2, 0.25) is 0 Å². The fourth-order valence-electron chi connectivity index (χ4n) is 1.66. The Hall–Kier alpha value is -1.08. The topological polar surface area (TPSA) is 54.4 Å². The van der Waals surface area contributed by atoms with Crippen LogP contribution in [0.15, 0.2) is 23.1 Å². The molecule has 1 atom stereocenters. The molecule has 7 heteroatoms. The SMILES string of the molecule is O=S1(=O)C[C@@H](O)c2cc(C(F)(F)F)ccc21. The molecule has 0 saturated heterocycles. The molecule has 0 saturated carbocycles. The zero-order chi connectivity index (χ0) is 12.1. The number of rotatable bonds is 0. The van der Waals surface area contributed by atoms with E-state index in [2.05, 4.69) is 0 Å². The molecule has 88 valence electrons. The first-order valence-corrected chi connectivity index (χ1v) is 5.99. The second-order valence-electron chi connectivity index (χ2n) is 3.55. The molecule has 0 fully saturated rings. The molecule has 0 aromatic heterocycles. The highest BCUT2D eigenvalue weighted by molar-refractivity contribution is 7.91. The molecule has 1 aromatic carbocycles. The van der Waals surface area contributed by atoms with E-state index in [1.54, 1.807) is 0 Å². The Balaban J connectivity index is 2.62. The maximum absolute atomic E-state index is 12.3. The molecule has 0 bridgehead atoms. The number of aliphatic hydroxyl groups excluding tert-OH is 1. The Morgan fingerprint density at radius 1 is 1.31 bits per heavy atom. The summed E-state index contributed by atoms with van der Waals surface area (Å²) in [5.41, 5.74) is -1.13. The van der Waals surface area contributed by atoms with Crippen molar-refractivity contribution in [1.29, 1.82) is 0 Å². The van der Waals surface area contributed by atoms with Gasteiger partial charge in [-0.05, 0) is 18.2 Å². The van der Waals surface area contributed by atoms with Crippen molar-refractivity contribution >= 4 is 9.84 Å². The van der Waals surface area contributed by atoms with E-state index in [1.165, 1.54) is 0 Å². The predicted molar refractivity (Wildman–Crippen MR) is 48.5 cm³/mol. The highest BCUT2D eigenvalue weighted by atomic mass is 32.2. The van der Waals surface area contributed by atoms with Crippen molar-refractivity contribution in [2.24, 2.45) is 0 Å². The van der Waals surface area contributed by atoms with Gasteiger partial charge in [-0.15, -0.1) is 0 Å². The van der Waals surface area contributed by atoms with Crippen LogP contribution in [-0.4, -0.2) is 19.3 Å². The fourth-order valence-corrected chi connectivity index (χ4v) is 3.26. The lowest BCUT2D eigenvalue weighted by Crippen LogP contribution is -2.06. The monoisotopic (exact) mass is 252 g/mol. The van der Waals surface area contributed by atoms with Crippen molar-refractivity contribution in [1.82, 2.24) is 0 Å². The van der Waals surface area contributed by atoms with Crippen LogP contribution in [0.4, 0.5) is 13.2 Å². The summed E-state index contributed by atoms with van der Waals surface area (Å²) in [4.78, 5) is -0.215. The van der Waals surface area contributed by atoms with Gasteiger partial charge in [-0.1, -0.05) is 0 Å². The third-order valence-corrected chi connectivity index (χ3v) is 4.20. The minimum absolute atomic E-state index is 0.171. The summed E-state index contributed by atoms with van der Waals surface area (Å²) in [6, 6.07) is 2.28. The van der Waals surface area contributed by atoms with Crippen molar-refractivity contribution < 1.29 is 26.7 Å². The van der Waals surface area contributed by atoms with Gasteiger partial charge in [0.2, 0.25) is 0 Å². The fraction of sp³-hybridized carbons (Fsp3) is 0.333. The first-order valence-electron chi connectivity index (χ1n) is 4.34. The molecular formula is C9H7F3O3S. The van der Waals surface area contributed by atoms with Gasteiger partial charge in [-0.2, -0.15) is 13.2 Å². The first-order chi connectivity index (χ1) is 7.22. The third-order valence-electron chi connectivity index (χ3n) is 2.41. The van der Waals surface area contributed by atoms with E-state index in [1.807, 2.05) is 0 Å². The van der Waals surface area contributed by atoms with Crippen LogP contribution in [-0.2, 0) is 16.0 Å². The summed E-state index contributed by atoms with van der Waals surface area (Å²) in [7, 11) is -3.63. The molecule has 1 aliphatic rings. The summed E-state index contributed by atoms with van der Waals surface area (Å²) in [6.45, 7) is 0. The molecular weight excluding hydrogens is 245 g/mol. The summed E-state index contributed by atoms with van der Waals surface area (Å²) in [5, 5.41) is 9.36. The number of fused-ring (bicyclic) bond motifs is 1. The number of sulfone groups is 1. The van der Waals surface area contributed by atoms with E-state index >= 15 is 0 Å². The van der Waals surface area contributed by atoms with Crippen LogP contribution in [0.3, 0.4) is 0 Å². The normalized spacial score (nSPS) is 23.1. The van der Waals surface area contributed by atoms with Crippen molar-refractivity contribution in [3.05, 3.63) is 29.3 Å². The van der Waals surface area contributed by atoms with Gasteiger partial charge in [0, 0.05) is 5.56 Å². The molecule has 0 spiro atoms. The average molecular weight is 252 g/mol. The molecule has 1 aliphatic heterocycles. The van der Waals surface area contributed by atoms with Gasteiger partial charge in [0.15, 0.2) is 9.84 Å². The molecule has 16 heavy (non-hydrogen) atoms. The van der Waals surface area contributed by atoms with Crippen LogP contribution in [0.5, 0.6) is 0 Å². The van der Waals surface area contributed by atoms with E-state index in [9.17, 15) is 26.7 Å². The number of hydrogen-bond donors (Lipinski definition) is 1. The highest BCUT2D eigenvalue weighted by Crippen LogP contribution is 2.38. The highest BCUT2D eigenvalue weighted by Gasteiger charge is 2.37. The smallest absolute Gasteiger partial charge is 0.387 e. The van der Waals surface area contributed by atoms with Crippen molar-refractivity contribution in [3.8, 4) is 0 Å². The maximum atomic E-state index is 12.3. The van der Waals surface area contributed by atoms with Crippen molar-refractivity contribution in [2.75, 3.05) is 5.75 Å². The predicted octanol–water partition coefficient (Wildman–Crippen LogP) is 1.53. The Bertz CT molecular complexity index is 533. The lowest BCUT2D eigenvalue weighted by atomic mass is 10.1. The quantitative estimate of drug-likeness (QED) is 0.761.